The standard InChI is InChI=1S/C2H4N2SSi/c6-2-1-5-4-3-2/h1H,6H3. The van der Waals surface area contributed by atoms with Crippen molar-refractivity contribution < 1.29 is 0 Å². The Kier molecular flexibility index (Phi) is 0.977. The van der Waals surface area contributed by atoms with Gasteiger partial charge in [0.25, 0.3) is 0 Å². The summed E-state index contributed by atoms with van der Waals surface area (Å²) in [5.41, 5.74) is 0. The van der Waals surface area contributed by atoms with E-state index in [2.05, 4.69) is 9.59 Å². The van der Waals surface area contributed by atoms with E-state index < -0.39 is 0 Å². The second kappa shape index (κ2) is 1.48. The fourth-order valence-corrected chi connectivity index (χ4v) is 1.20. The zero-order chi connectivity index (χ0) is 4.41. The summed E-state index contributed by atoms with van der Waals surface area (Å²) in [6.45, 7) is 0. The molecule has 0 aliphatic carbocycles. The van der Waals surface area contributed by atoms with Crippen molar-refractivity contribution in [2.75, 3.05) is 0 Å². The first kappa shape index (κ1) is 3.95. The molecule has 1 heterocycles. The van der Waals surface area contributed by atoms with Crippen LogP contribution >= 0.6 is 11.5 Å². The second-order valence-electron chi connectivity index (χ2n) is 1.05. The summed E-state index contributed by atoms with van der Waals surface area (Å²) < 4.78 is 3.65. The fourth-order valence-electron chi connectivity index (χ4n) is 0.211. The number of aromatic nitrogens is 2. The van der Waals surface area contributed by atoms with Gasteiger partial charge in [0.15, 0.2) is 0 Å². The summed E-state index contributed by atoms with van der Waals surface area (Å²) in [7, 11) is 1.03. The van der Waals surface area contributed by atoms with Crippen molar-refractivity contribution in [1.82, 2.24) is 9.59 Å². The molecule has 0 amide bonds. The Morgan fingerprint density at radius 3 is 2.83 bits per heavy atom. The van der Waals surface area contributed by atoms with Crippen LogP contribution in [0.3, 0.4) is 0 Å². The first-order valence-electron chi connectivity index (χ1n) is 1.63. The molecular formula is C2H4N2SSi. The highest BCUT2D eigenvalue weighted by molar-refractivity contribution is 7.04. The largest absolute Gasteiger partial charge is 0.149 e. The minimum atomic E-state index is 1.03. The molecule has 0 atom stereocenters. The molecule has 32 valence electrons. The molecular weight excluding hydrogens is 112 g/mol. The predicted octanol–water partition coefficient (Wildman–Crippen LogP) is -1.47. The molecule has 1 aromatic rings. The zero-order valence-electron chi connectivity index (χ0n) is 3.38. The highest BCUT2D eigenvalue weighted by Gasteiger charge is 1.78. The van der Waals surface area contributed by atoms with E-state index >= 15 is 0 Å². The Morgan fingerprint density at radius 2 is 2.67 bits per heavy atom. The van der Waals surface area contributed by atoms with E-state index in [1.807, 2.05) is 5.38 Å². The van der Waals surface area contributed by atoms with E-state index in [-0.39, 0.29) is 0 Å². The van der Waals surface area contributed by atoms with Gasteiger partial charge < -0.3 is 0 Å². The Balaban J connectivity index is 3.05. The van der Waals surface area contributed by atoms with Gasteiger partial charge >= 0.3 is 0 Å². The molecule has 4 heteroatoms. The summed E-state index contributed by atoms with van der Waals surface area (Å²) in [5.74, 6) is 0. The topological polar surface area (TPSA) is 25.8 Å². The first-order valence-corrected chi connectivity index (χ1v) is 3.47. The lowest BCUT2D eigenvalue weighted by molar-refractivity contribution is 1.19. The summed E-state index contributed by atoms with van der Waals surface area (Å²) in [6, 6.07) is 0. The van der Waals surface area contributed by atoms with E-state index in [0.717, 1.165) is 15.6 Å². The molecule has 0 bridgehead atoms. The van der Waals surface area contributed by atoms with Crippen molar-refractivity contribution in [2.45, 2.75) is 0 Å². The maximum atomic E-state index is 3.75. The Bertz CT molecular complexity index is 115. The monoisotopic (exact) mass is 116 g/mol. The van der Waals surface area contributed by atoms with Gasteiger partial charge in [0, 0.05) is 10.7 Å². The minimum Gasteiger partial charge on any atom is -0.149 e. The maximum absolute atomic E-state index is 3.75. The summed E-state index contributed by atoms with van der Waals surface area (Å²) in [5, 5.41) is 6.85. The Labute approximate surface area is 42.8 Å². The molecule has 0 saturated heterocycles. The van der Waals surface area contributed by atoms with Crippen molar-refractivity contribution in [2.24, 2.45) is 0 Å². The lowest BCUT2D eigenvalue weighted by Crippen LogP contribution is -2.00. The maximum Gasteiger partial charge on any atom is 0.0660 e. The van der Waals surface area contributed by atoms with E-state index in [1.54, 1.807) is 0 Å². The van der Waals surface area contributed by atoms with Gasteiger partial charge in [-0.3, -0.25) is 0 Å². The molecule has 0 fully saturated rings. The van der Waals surface area contributed by atoms with Crippen LogP contribution in [-0.4, -0.2) is 19.8 Å². The third kappa shape index (κ3) is 0.634. The van der Waals surface area contributed by atoms with Crippen LogP contribution in [0.15, 0.2) is 5.38 Å². The van der Waals surface area contributed by atoms with Crippen molar-refractivity contribution in [3.05, 3.63) is 5.38 Å². The van der Waals surface area contributed by atoms with Gasteiger partial charge in [-0.15, -0.1) is 5.10 Å². The molecule has 6 heavy (non-hydrogen) atoms. The molecule has 1 rings (SSSR count). The lowest BCUT2D eigenvalue weighted by atomic mass is 11.0. The number of nitrogens with zero attached hydrogens (tertiary/aromatic N) is 2. The van der Waals surface area contributed by atoms with E-state index in [4.69, 9.17) is 0 Å². The molecule has 0 N–H and O–H groups in total. The van der Waals surface area contributed by atoms with Crippen LogP contribution in [-0.2, 0) is 0 Å². The number of hydrogen-bond donors (Lipinski definition) is 0. The van der Waals surface area contributed by atoms with Crippen molar-refractivity contribution in [3.63, 3.8) is 0 Å². The first-order chi connectivity index (χ1) is 2.89. The molecule has 0 aliphatic rings. The minimum absolute atomic E-state index is 1.03. The molecule has 0 spiro atoms. The van der Waals surface area contributed by atoms with Crippen molar-refractivity contribution in [3.8, 4) is 0 Å². The van der Waals surface area contributed by atoms with Gasteiger partial charge in [-0.25, -0.2) is 0 Å². The van der Waals surface area contributed by atoms with E-state index in [0.29, 0.717) is 0 Å². The fraction of sp³-hybridized carbons (Fsp3) is 0. The summed E-state index contributed by atoms with van der Waals surface area (Å²) in [4.78, 5) is 0. The second-order valence-corrected chi connectivity index (χ2v) is 2.68. The van der Waals surface area contributed by atoms with Gasteiger partial charge in [-0.1, -0.05) is 4.49 Å². The molecule has 1 aromatic heterocycles. The van der Waals surface area contributed by atoms with Gasteiger partial charge in [0.2, 0.25) is 0 Å². The molecule has 0 saturated carbocycles. The van der Waals surface area contributed by atoms with Gasteiger partial charge in [-0.2, -0.15) is 0 Å². The van der Waals surface area contributed by atoms with E-state index in [9.17, 15) is 0 Å². The van der Waals surface area contributed by atoms with Gasteiger partial charge in [-0.05, 0) is 11.5 Å². The molecule has 0 radical (unpaired) electrons. The third-order valence-electron chi connectivity index (χ3n) is 0.469. The van der Waals surface area contributed by atoms with E-state index in [1.165, 1.54) is 11.5 Å². The molecule has 0 aromatic carbocycles. The Morgan fingerprint density at radius 1 is 1.83 bits per heavy atom. The molecule has 0 unspecified atom stereocenters. The van der Waals surface area contributed by atoms with Crippen LogP contribution < -0.4 is 5.32 Å². The number of hydrogen-bond acceptors (Lipinski definition) is 3. The highest BCUT2D eigenvalue weighted by atomic mass is 32.1. The predicted molar refractivity (Wildman–Crippen MR) is 29.5 cm³/mol. The smallest absolute Gasteiger partial charge is 0.0660 e. The highest BCUT2D eigenvalue weighted by Crippen LogP contribution is 1.75. The van der Waals surface area contributed by atoms with Crippen LogP contribution in [0.2, 0.25) is 0 Å². The van der Waals surface area contributed by atoms with Crippen molar-refractivity contribution in [1.29, 1.82) is 0 Å². The Hall–Kier alpha value is -0.223. The molecule has 0 aliphatic heterocycles. The van der Waals surface area contributed by atoms with Crippen molar-refractivity contribution >= 4 is 27.1 Å². The van der Waals surface area contributed by atoms with Crippen LogP contribution in [0.4, 0.5) is 0 Å². The van der Waals surface area contributed by atoms with Crippen LogP contribution in [0, 0.1) is 0 Å². The lowest BCUT2D eigenvalue weighted by Gasteiger charge is -1.61. The average molecular weight is 116 g/mol. The number of rotatable bonds is 0. The molecule has 2 nitrogen and oxygen atoms in total. The van der Waals surface area contributed by atoms with Gasteiger partial charge in [0.05, 0.1) is 10.2 Å². The normalized spacial score (nSPS) is 9.33. The van der Waals surface area contributed by atoms with Crippen LogP contribution in [0.5, 0.6) is 0 Å². The SMILES string of the molecule is [SiH3]c1csnn1. The quantitative estimate of drug-likeness (QED) is 0.387. The van der Waals surface area contributed by atoms with Crippen LogP contribution in [0.25, 0.3) is 0 Å². The third-order valence-corrected chi connectivity index (χ3v) is 2.00. The summed E-state index contributed by atoms with van der Waals surface area (Å²) >= 11 is 1.41. The average Bonchev–Trinajstić information content (AvgIpc) is 1.86. The van der Waals surface area contributed by atoms with Crippen LogP contribution in [0.1, 0.15) is 0 Å². The summed E-state index contributed by atoms with van der Waals surface area (Å²) in [6.07, 6.45) is 0. The van der Waals surface area contributed by atoms with Gasteiger partial charge in [0.1, 0.15) is 0 Å². The zero-order valence-corrected chi connectivity index (χ0v) is 6.20.